The highest BCUT2D eigenvalue weighted by molar-refractivity contribution is 5.94. The standard InChI is InChI=1S/C68H100N8O12/c1-41(2)33-51-63(81)85-45(9)59(77)71(17)54(36-44(7)8)66(84)88-56(38-48-23-27-50(28-24-48)40-76-58(30-32-70-76)68(14,15)16)62(80)74(20)52(34-42(3)4)64(82)86-46(10)60(78)72(18)53(35-43(5)6)65(83)87-55(61(79)73(51)19)37-47-21-25-49(26-22-47)39-75-57(29-31-69-75)67(11,12)13/h21-32,41-46,51-56H,33-40H2,1-20H3/t45-,46-,51+,52+,53+,54+,55-,56-/m1/s1. The van der Waals surface area contributed by atoms with Crippen molar-refractivity contribution in [3.63, 3.8) is 0 Å². The number of carbonyl (C=O) groups is 8. The molecule has 0 bridgehead atoms. The number of benzene rings is 2. The monoisotopic (exact) mass is 1220 g/mol. The van der Waals surface area contributed by atoms with Crippen LogP contribution in [0.1, 0.15) is 170 Å². The van der Waals surface area contributed by atoms with Crippen LogP contribution in [-0.2, 0) is 94.1 Å². The number of likely N-dealkylation sites (N-methyl/N-ethyl adjacent to an activating group) is 4. The number of hydrogen-bond acceptors (Lipinski definition) is 14. The summed E-state index contributed by atoms with van der Waals surface area (Å²) in [6.07, 6.45) is -2.50. The van der Waals surface area contributed by atoms with Gasteiger partial charge in [-0.25, -0.2) is 19.2 Å². The quantitative estimate of drug-likeness (QED) is 0.0756. The van der Waals surface area contributed by atoms with E-state index in [9.17, 15) is 28.8 Å². The Hall–Kier alpha value is -7.38. The molecular formula is C68H100N8O12. The Morgan fingerprint density at radius 3 is 0.898 bits per heavy atom. The number of amides is 4. The summed E-state index contributed by atoms with van der Waals surface area (Å²) < 4.78 is 28.3. The summed E-state index contributed by atoms with van der Waals surface area (Å²) in [5, 5.41) is 9.10. The molecule has 4 aromatic rings. The van der Waals surface area contributed by atoms with E-state index >= 15 is 9.59 Å². The topological polar surface area (TPSA) is 222 Å². The van der Waals surface area contributed by atoms with E-state index in [1.165, 1.54) is 51.8 Å². The number of rotatable bonds is 16. The molecule has 8 atom stereocenters. The third-order valence-corrected chi connectivity index (χ3v) is 16.0. The average molecular weight is 1220 g/mol. The minimum Gasteiger partial charge on any atom is -0.451 e. The van der Waals surface area contributed by atoms with E-state index in [2.05, 4.69) is 51.7 Å². The molecule has 3 heterocycles. The maximum absolute atomic E-state index is 15.1. The van der Waals surface area contributed by atoms with Crippen LogP contribution in [0.3, 0.4) is 0 Å². The SMILES string of the molecule is CC(C)C[C@H]1C(=O)O[C@H](Cc2ccc(Cn3nccc3C(C)(C)C)cc2)C(=O)N(C)[C@@H](CC(C)C)C(=O)O[C@H](C)C(=O)N(C)[C@@H](CC(C)C)C(=O)O[C@H](Cc2ccc(Cn3nccc3C(C)(C)C)cc2)C(=O)N(C)[C@@H](CC(C)C)C(=O)O[C@H](C)C(=O)N1C. The third kappa shape index (κ3) is 19.3. The maximum Gasteiger partial charge on any atom is 0.329 e. The van der Waals surface area contributed by atoms with Crippen LogP contribution >= 0.6 is 0 Å². The Balaban J connectivity index is 1.59. The molecule has 0 saturated carbocycles. The van der Waals surface area contributed by atoms with Crippen molar-refractivity contribution in [3.05, 3.63) is 107 Å². The molecule has 0 unspecified atom stereocenters. The van der Waals surface area contributed by atoms with E-state index in [0.717, 1.165) is 32.3 Å². The van der Waals surface area contributed by atoms with Crippen molar-refractivity contribution in [1.82, 2.24) is 39.2 Å². The molecule has 20 nitrogen and oxygen atoms in total. The van der Waals surface area contributed by atoms with Gasteiger partial charge in [0.1, 0.15) is 24.2 Å². The lowest BCUT2D eigenvalue weighted by molar-refractivity contribution is -0.176. The van der Waals surface area contributed by atoms with Gasteiger partial charge in [-0.05, 0) is 97.6 Å². The minimum atomic E-state index is -1.54. The van der Waals surface area contributed by atoms with Crippen molar-refractivity contribution in [2.45, 2.75) is 222 Å². The summed E-state index contributed by atoms with van der Waals surface area (Å²) in [5.41, 5.74) is 4.86. The van der Waals surface area contributed by atoms with Crippen LogP contribution in [0.15, 0.2) is 73.1 Å². The minimum absolute atomic E-state index is 0.0797. The van der Waals surface area contributed by atoms with E-state index < -0.39 is 96.1 Å². The zero-order valence-corrected chi connectivity index (χ0v) is 56.0. The first-order valence-corrected chi connectivity index (χ1v) is 31.1. The molecule has 4 amide bonds. The summed E-state index contributed by atoms with van der Waals surface area (Å²) in [7, 11) is 5.61. The van der Waals surface area contributed by atoms with Gasteiger partial charge in [-0.3, -0.25) is 28.5 Å². The van der Waals surface area contributed by atoms with E-state index in [-0.39, 0.29) is 73.0 Å². The van der Waals surface area contributed by atoms with E-state index in [4.69, 9.17) is 18.9 Å². The number of cyclic esters (lactones) is 4. The molecule has 1 aliphatic rings. The van der Waals surface area contributed by atoms with Gasteiger partial charge in [0.05, 0.1) is 13.1 Å². The van der Waals surface area contributed by atoms with Gasteiger partial charge in [0.15, 0.2) is 24.4 Å². The molecule has 88 heavy (non-hydrogen) atoms. The molecule has 1 saturated heterocycles. The highest BCUT2D eigenvalue weighted by Gasteiger charge is 2.43. The second-order valence-corrected chi connectivity index (χ2v) is 27.7. The first kappa shape index (κ1) is 71.4. The molecule has 1 aliphatic heterocycles. The summed E-state index contributed by atoms with van der Waals surface area (Å²) in [4.78, 5) is 123. The fourth-order valence-corrected chi connectivity index (χ4v) is 11.0. The molecule has 0 radical (unpaired) electrons. The molecule has 2 aromatic heterocycles. The second-order valence-electron chi connectivity index (χ2n) is 27.7. The number of ether oxygens (including phenoxy) is 4. The van der Waals surface area contributed by atoms with Crippen LogP contribution in [0.5, 0.6) is 0 Å². The summed E-state index contributed by atoms with van der Waals surface area (Å²) >= 11 is 0. The summed E-state index contributed by atoms with van der Waals surface area (Å²) in [6, 6.07) is 13.7. The Bertz CT molecular complexity index is 2810. The van der Waals surface area contributed by atoms with E-state index in [1.54, 1.807) is 12.4 Å². The summed E-state index contributed by atoms with van der Waals surface area (Å²) in [5.74, 6) is -7.44. The van der Waals surface area contributed by atoms with Gasteiger partial charge >= 0.3 is 23.9 Å². The predicted molar refractivity (Wildman–Crippen MR) is 335 cm³/mol. The van der Waals surface area contributed by atoms with Crippen molar-refractivity contribution in [3.8, 4) is 0 Å². The highest BCUT2D eigenvalue weighted by Crippen LogP contribution is 2.27. The van der Waals surface area contributed by atoms with Crippen LogP contribution in [-0.4, -0.2) is 163 Å². The van der Waals surface area contributed by atoms with Crippen LogP contribution in [0.2, 0.25) is 0 Å². The fraction of sp³-hybridized carbons (Fsp3) is 0.618. The van der Waals surface area contributed by atoms with Crippen LogP contribution < -0.4 is 0 Å². The van der Waals surface area contributed by atoms with Gasteiger partial charge in [0, 0.05) is 75.6 Å². The number of aromatic nitrogens is 4. The lowest BCUT2D eigenvalue weighted by Crippen LogP contribution is -2.55. The van der Waals surface area contributed by atoms with Crippen molar-refractivity contribution in [1.29, 1.82) is 0 Å². The fourth-order valence-electron chi connectivity index (χ4n) is 11.0. The molecule has 2 aromatic carbocycles. The highest BCUT2D eigenvalue weighted by atomic mass is 16.6. The van der Waals surface area contributed by atoms with Crippen molar-refractivity contribution < 1.29 is 57.3 Å². The Morgan fingerprint density at radius 1 is 0.386 bits per heavy atom. The largest absolute Gasteiger partial charge is 0.451 e. The molecular weight excluding hydrogens is 1120 g/mol. The Morgan fingerprint density at radius 2 is 0.636 bits per heavy atom. The Labute approximate surface area is 522 Å². The van der Waals surface area contributed by atoms with Crippen LogP contribution in [0, 0.1) is 23.7 Å². The van der Waals surface area contributed by atoms with E-state index in [1.807, 2.05) is 125 Å². The molecule has 1 fully saturated rings. The predicted octanol–water partition coefficient (Wildman–Crippen LogP) is 8.75. The van der Waals surface area contributed by atoms with Crippen LogP contribution in [0.4, 0.5) is 0 Å². The second kappa shape index (κ2) is 30.7. The lowest BCUT2D eigenvalue weighted by Gasteiger charge is -2.35. The molecule has 0 N–H and O–H groups in total. The Kier molecular flexibility index (Phi) is 24.9. The van der Waals surface area contributed by atoms with Crippen molar-refractivity contribution >= 4 is 47.5 Å². The first-order chi connectivity index (χ1) is 41.0. The summed E-state index contributed by atoms with van der Waals surface area (Å²) in [6.45, 7) is 31.2. The molecule has 20 heteroatoms. The zero-order chi connectivity index (χ0) is 65.9. The zero-order valence-electron chi connectivity index (χ0n) is 56.0. The molecule has 484 valence electrons. The van der Waals surface area contributed by atoms with Gasteiger partial charge < -0.3 is 38.5 Å². The van der Waals surface area contributed by atoms with Gasteiger partial charge in [-0.2, -0.15) is 10.2 Å². The first-order valence-electron chi connectivity index (χ1n) is 31.1. The number of nitrogens with zero attached hydrogens (tertiary/aromatic N) is 8. The number of carbonyl (C=O) groups excluding carboxylic acids is 8. The average Bonchev–Trinajstić information content (AvgIpc) is 3.36. The number of esters is 4. The van der Waals surface area contributed by atoms with Gasteiger partial charge in [-0.1, -0.05) is 145 Å². The molecule has 0 spiro atoms. The lowest BCUT2D eigenvalue weighted by atomic mass is 9.92. The van der Waals surface area contributed by atoms with Crippen LogP contribution in [0.25, 0.3) is 0 Å². The number of hydrogen-bond donors (Lipinski definition) is 0. The van der Waals surface area contributed by atoms with Crippen molar-refractivity contribution in [2.75, 3.05) is 28.2 Å². The van der Waals surface area contributed by atoms with Gasteiger partial charge in [-0.15, -0.1) is 0 Å². The molecule has 5 rings (SSSR count). The van der Waals surface area contributed by atoms with Crippen molar-refractivity contribution in [2.24, 2.45) is 23.7 Å². The maximum atomic E-state index is 15.1. The molecule has 0 aliphatic carbocycles. The van der Waals surface area contributed by atoms with E-state index in [0.29, 0.717) is 24.2 Å². The van der Waals surface area contributed by atoms with Gasteiger partial charge in [0.2, 0.25) is 0 Å². The third-order valence-electron chi connectivity index (χ3n) is 16.0. The normalized spacial score (nSPS) is 22.6. The van der Waals surface area contributed by atoms with Gasteiger partial charge in [0.25, 0.3) is 23.6 Å². The smallest absolute Gasteiger partial charge is 0.329 e.